The molecule has 1 rings (SSSR count). The van der Waals surface area contributed by atoms with Crippen LogP contribution in [-0.2, 0) is 22.9 Å². The number of aliphatic hydroxyl groups excluding tert-OH is 3. The molecule has 0 aromatic rings. The molecule has 0 amide bonds. The van der Waals surface area contributed by atoms with Gasteiger partial charge in [-0.3, -0.25) is 0 Å². The fourth-order valence-corrected chi connectivity index (χ4v) is 2.19. The van der Waals surface area contributed by atoms with Crippen LogP contribution >= 0.6 is 15.6 Å². The third-order valence-electron chi connectivity index (χ3n) is 2.30. The summed E-state index contributed by atoms with van der Waals surface area (Å²) in [4.78, 5) is 41.3. The molecule has 0 radical (unpaired) electrons. The van der Waals surface area contributed by atoms with Crippen molar-refractivity contribution in [3.8, 4) is 0 Å². The second kappa shape index (κ2) is 16.7. The van der Waals surface area contributed by atoms with E-state index in [4.69, 9.17) is 0 Å². The Morgan fingerprint density at radius 2 is 1.28 bits per heavy atom. The van der Waals surface area contributed by atoms with Crippen LogP contribution in [0.25, 0.3) is 0 Å². The number of phosphoric ester groups is 2. The van der Waals surface area contributed by atoms with Crippen molar-refractivity contribution in [2.75, 3.05) is 6.61 Å². The van der Waals surface area contributed by atoms with Gasteiger partial charge in [-0.05, 0) is 0 Å². The first-order valence-corrected chi connectivity index (χ1v) is 7.89. The van der Waals surface area contributed by atoms with E-state index in [0.717, 1.165) is 0 Å². The molecule has 0 spiro atoms. The normalized spacial score (nSPS) is 28.8. The van der Waals surface area contributed by atoms with Crippen LogP contribution in [0.1, 0.15) is 0 Å². The standard InChI is InChI=1S/C6H14O12P2.4Na.H2O/c7-3-2(1-16-19(10,11)12)17-6(5(9)4(3)8)18-20(13,14)15;;;;;/h2-9H,1H2,(H2,10,11,12)(H2,13,14,15);;;;;1H2/q;4*+1;/p-4/t2-,3-,4+,5-,6-;;;;;/m1...../s1. The van der Waals surface area contributed by atoms with Crippen molar-refractivity contribution in [1.82, 2.24) is 0 Å². The van der Waals surface area contributed by atoms with Gasteiger partial charge in [-0.2, -0.15) is 0 Å². The van der Waals surface area contributed by atoms with Crippen molar-refractivity contribution in [2.24, 2.45) is 0 Å². The van der Waals surface area contributed by atoms with Crippen LogP contribution in [0.15, 0.2) is 0 Å². The zero-order valence-electron chi connectivity index (χ0n) is 14.0. The van der Waals surface area contributed by atoms with Crippen LogP contribution in [0, 0.1) is 0 Å². The Bertz CT molecular complexity index is 429. The molecular weight excluding hydrogens is 434 g/mol. The van der Waals surface area contributed by atoms with Crippen LogP contribution in [0.4, 0.5) is 0 Å². The Balaban J connectivity index is -0.000000267. The van der Waals surface area contributed by atoms with Gasteiger partial charge in [0.25, 0.3) is 0 Å². The molecule has 5 N–H and O–H groups in total. The molecule has 0 aliphatic carbocycles. The van der Waals surface area contributed by atoms with Crippen LogP contribution in [0.3, 0.4) is 0 Å². The first kappa shape index (κ1) is 39.5. The van der Waals surface area contributed by atoms with Crippen molar-refractivity contribution in [1.29, 1.82) is 0 Å². The number of rotatable bonds is 5. The summed E-state index contributed by atoms with van der Waals surface area (Å²) >= 11 is 0. The predicted molar refractivity (Wildman–Crippen MR) is 52.5 cm³/mol. The molecule has 128 valence electrons. The monoisotopic (exact) mass is 446 g/mol. The smallest absolute Gasteiger partial charge is 0.790 e. The van der Waals surface area contributed by atoms with E-state index < -0.39 is 53.0 Å². The summed E-state index contributed by atoms with van der Waals surface area (Å²) in [5.41, 5.74) is 0. The average Bonchev–Trinajstić information content (AvgIpc) is 2.25. The van der Waals surface area contributed by atoms with Gasteiger partial charge >= 0.3 is 118 Å². The maximum absolute atomic E-state index is 10.4. The van der Waals surface area contributed by atoms with Gasteiger partial charge in [-0.25, -0.2) is 0 Å². The topological polar surface area (TPSA) is 246 Å². The van der Waals surface area contributed by atoms with Gasteiger partial charge < -0.3 is 63.3 Å². The second-order valence-electron chi connectivity index (χ2n) is 3.81. The molecule has 1 aliphatic heterocycles. The first-order valence-electron chi connectivity index (χ1n) is 4.97. The molecule has 1 saturated heterocycles. The number of aliphatic hydroxyl groups is 3. The quantitative estimate of drug-likeness (QED) is 0.263. The Hall–Kier alpha value is 4.02. The summed E-state index contributed by atoms with van der Waals surface area (Å²) < 4.78 is 32.8. The van der Waals surface area contributed by atoms with Crippen molar-refractivity contribution < 1.29 is 182 Å². The summed E-state index contributed by atoms with van der Waals surface area (Å²) in [5.74, 6) is 0. The van der Waals surface area contributed by atoms with E-state index in [-0.39, 0.29) is 124 Å². The van der Waals surface area contributed by atoms with E-state index in [2.05, 4.69) is 13.8 Å². The Labute approximate surface area is 231 Å². The minimum Gasteiger partial charge on any atom is -0.790 e. The zero-order valence-corrected chi connectivity index (χ0v) is 23.8. The average molecular weight is 446 g/mol. The number of hydrogen-bond acceptors (Lipinski definition) is 12. The van der Waals surface area contributed by atoms with Gasteiger partial charge in [0.05, 0.1) is 22.3 Å². The predicted octanol–water partition coefficient (Wildman–Crippen LogP) is -18.3. The van der Waals surface area contributed by atoms with E-state index in [1.807, 2.05) is 0 Å². The van der Waals surface area contributed by atoms with E-state index in [0.29, 0.717) is 0 Å². The molecule has 0 bridgehead atoms. The fourth-order valence-electron chi connectivity index (χ4n) is 1.43. The minimum absolute atomic E-state index is 0. The van der Waals surface area contributed by atoms with E-state index in [1.54, 1.807) is 0 Å². The number of ether oxygens (including phenoxy) is 1. The van der Waals surface area contributed by atoms with Crippen LogP contribution in [-0.4, -0.2) is 58.1 Å². The molecule has 0 saturated carbocycles. The molecule has 0 aromatic heterocycles. The molecule has 0 unspecified atom stereocenters. The van der Waals surface area contributed by atoms with E-state index in [1.165, 1.54) is 0 Å². The zero-order chi connectivity index (χ0) is 15.7. The first-order chi connectivity index (χ1) is 8.91. The number of phosphoric acid groups is 2. The molecule has 1 aliphatic rings. The molecule has 25 heavy (non-hydrogen) atoms. The molecule has 1 heterocycles. The molecule has 5 atom stereocenters. The van der Waals surface area contributed by atoms with Crippen molar-refractivity contribution in [3.63, 3.8) is 0 Å². The molecule has 13 nitrogen and oxygen atoms in total. The maximum atomic E-state index is 10.4. The van der Waals surface area contributed by atoms with Crippen LogP contribution in [0.2, 0.25) is 0 Å². The molecule has 19 heteroatoms. The van der Waals surface area contributed by atoms with Crippen LogP contribution < -0.4 is 138 Å². The fraction of sp³-hybridized carbons (Fsp3) is 1.00. The van der Waals surface area contributed by atoms with Gasteiger partial charge in [0.1, 0.15) is 24.4 Å². The van der Waals surface area contributed by atoms with Crippen LogP contribution in [0.5, 0.6) is 0 Å². The summed E-state index contributed by atoms with van der Waals surface area (Å²) in [6, 6.07) is 0. The van der Waals surface area contributed by atoms with Gasteiger partial charge in [0, 0.05) is 0 Å². The van der Waals surface area contributed by atoms with Crippen molar-refractivity contribution in [2.45, 2.75) is 30.7 Å². The summed E-state index contributed by atoms with van der Waals surface area (Å²) in [5, 5.41) is 28.1. The third-order valence-corrected chi connectivity index (χ3v) is 3.23. The van der Waals surface area contributed by atoms with Crippen molar-refractivity contribution >= 4 is 15.6 Å². The molecule has 0 aromatic carbocycles. The number of hydrogen-bond donors (Lipinski definition) is 3. The summed E-state index contributed by atoms with van der Waals surface area (Å²) in [7, 11) is -11.0. The van der Waals surface area contributed by atoms with Gasteiger partial charge in [0.2, 0.25) is 0 Å². The SMILES string of the molecule is O.O=P([O-])([O-])OC[C@H]1O[C@H](OP(=O)([O-])[O-])[C@H](O)[C@@H](O)[C@@H]1O.[Na+].[Na+].[Na+].[Na+]. The summed E-state index contributed by atoms with van der Waals surface area (Å²) in [6.07, 6.45) is -9.92. The van der Waals surface area contributed by atoms with E-state index in [9.17, 15) is 44.0 Å². The molecule has 1 fully saturated rings. The Morgan fingerprint density at radius 1 is 0.840 bits per heavy atom. The van der Waals surface area contributed by atoms with Gasteiger partial charge in [-0.1, -0.05) is 0 Å². The Kier molecular flexibility index (Phi) is 26.3. The maximum Gasteiger partial charge on any atom is 1.00 e. The largest absolute Gasteiger partial charge is 1.00 e. The van der Waals surface area contributed by atoms with Crippen molar-refractivity contribution in [3.05, 3.63) is 0 Å². The second-order valence-corrected chi connectivity index (χ2v) is 6.07. The molecular formula is C6H12Na4O13P2. The van der Waals surface area contributed by atoms with Gasteiger partial charge in [0.15, 0.2) is 6.29 Å². The van der Waals surface area contributed by atoms with Gasteiger partial charge in [-0.15, -0.1) is 0 Å². The van der Waals surface area contributed by atoms with E-state index >= 15 is 0 Å². The minimum atomic E-state index is -5.59. The summed E-state index contributed by atoms with van der Waals surface area (Å²) in [6.45, 7) is -1.07. The Morgan fingerprint density at radius 3 is 1.64 bits per heavy atom. The third kappa shape index (κ3) is 15.5.